The number of ether oxygens (including phenoxy) is 1. The molecule has 2 heterocycles. The predicted octanol–water partition coefficient (Wildman–Crippen LogP) is 3.36. The van der Waals surface area contributed by atoms with Crippen LogP contribution in [0.4, 0.5) is 8.78 Å². The van der Waals surface area contributed by atoms with Crippen LogP contribution in [0.2, 0.25) is 0 Å². The van der Waals surface area contributed by atoms with Gasteiger partial charge in [0.1, 0.15) is 6.23 Å². The normalized spacial score (nSPS) is 32.4. The highest BCUT2D eigenvalue weighted by molar-refractivity contribution is 6.32. The van der Waals surface area contributed by atoms with Gasteiger partial charge in [0.25, 0.3) is 5.91 Å². The number of nitrogens with one attached hydrogen (secondary N) is 1. The first-order valence-electron chi connectivity index (χ1n) is 9.98. The van der Waals surface area contributed by atoms with Crippen LogP contribution in [0.1, 0.15) is 45.4 Å². The average Bonchev–Trinajstić information content (AvgIpc) is 3.29. The van der Waals surface area contributed by atoms with Crippen LogP contribution in [0.5, 0.6) is 0 Å². The largest absolute Gasteiger partial charge is 0.388 e. The van der Waals surface area contributed by atoms with Gasteiger partial charge < -0.3 is 20.1 Å². The van der Waals surface area contributed by atoms with Crippen LogP contribution >= 0.6 is 11.6 Å². The fourth-order valence-electron chi connectivity index (χ4n) is 4.54. The first kappa shape index (κ1) is 20.6. The molecule has 8 heteroatoms. The molecule has 5 nitrogen and oxygen atoms in total. The third kappa shape index (κ3) is 3.77. The van der Waals surface area contributed by atoms with Gasteiger partial charge in [0.15, 0.2) is 0 Å². The van der Waals surface area contributed by atoms with Crippen LogP contribution in [-0.4, -0.2) is 52.4 Å². The van der Waals surface area contributed by atoms with Gasteiger partial charge in [-0.2, -0.15) is 0 Å². The number of allylic oxidation sites excluding steroid dienone is 1. The smallest absolute Gasteiger partial charge is 0.253 e. The second kappa shape index (κ2) is 7.24. The predicted molar refractivity (Wildman–Crippen MR) is 104 cm³/mol. The van der Waals surface area contributed by atoms with Crippen LogP contribution in [0.3, 0.4) is 0 Å². The Bertz CT molecular complexity index is 831. The Hall–Kier alpha value is -1.66. The number of aliphatic hydroxyl groups is 1. The van der Waals surface area contributed by atoms with Crippen molar-refractivity contribution in [1.29, 1.82) is 0 Å². The molecule has 2 atom stereocenters. The second-order valence-electron chi connectivity index (χ2n) is 8.51. The van der Waals surface area contributed by atoms with E-state index in [1.807, 2.05) is 17.9 Å². The molecule has 0 aromatic heterocycles. The zero-order chi connectivity index (χ0) is 20.9. The summed E-state index contributed by atoms with van der Waals surface area (Å²) >= 11 is 6.45. The molecule has 0 radical (unpaired) electrons. The molecule has 0 spiro atoms. The molecule has 0 aromatic carbocycles. The monoisotopic (exact) mass is 426 g/mol. The Labute approximate surface area is 173 Å². The number of carbonyl (C=O) groups excluding carboxylic acids is 1. The lowest BCUT2D eigenvalue weighted by Gasteiger charge is -2.39. The molecular weight excluding hydrogens is 402 g/mol. The van der Waals surface area contributed by atoms with Gasteiger partial charge in [0, 0.05) is 37.8 Å². The lowest BCUT2D eigenvalue weighted by molar-refractivity contribution is -0.122. The van der Waals surface area contributed by atoms with Crippen molar-refractivity contribution in [2.24, 2.45) is 0 Å². The Morgan fingerprint density at radius 3 is 2.79 bits per heavy atom. The minimum absolute atomic E-state index is 0.0476. The standard InChI is InChI=1S/C21H25ClF2N2O3/c1-19-6-2-4-15(22)17(19)14(12-26(19)16-5-3-11-29-16)18(27)25-13-20(28)7-9-21(23,24)10-8-20/h4,6,12,16,28H,3,5,7-11,13H2,1H3,(H,25,27)/t16?,19-/m1/s1. The molecule has 2 fully saturated rings. The zero-order valence-electron chi connectivity index (χ0n) is 16.3. The SMILES string of the molecule is C[C@@]12C=C=CC(Cl)=C1C(C(=O)NCC1(O)CCC(F)(F)CC1)=CN2C1CCCO1. The van der Waals surface area contributed by atoms with Crippen molar-refractivity contribution in [1.82, 2.24) is 10.2 Å². The minimum atomic E-state index is -2.74. The van der Waals surface area contributed by atoms with Gasteiger partial charge in [-0.1, -0.05) is 11.6 Å². The number of hydrogen-bond donors (Lipinski definition) is 2. The lowest BCUT2D eigenvalue weighted by Crippen LogP contribution is -2.48. The van der Waals surface area contributed by atoms with E-state index < -0.39 is 17.1 Å². The number of halogens is 3. The molecular formula is C21H25ClF2N2O3. The molecule has 1 amide bonds. The second-order valence-corrected chi connectivity index (χ2v) is 8.91. The van der Waals surface area contributed by atoms with E-state index in [9.17, 15) is 18.7 Å². The van der Waals surface area contributed by atoms with Crippen molar-refractivity contribution in [3.63, 3.8) is 0 Å². The quantitative estimate of drug-likeness (QED) is 0.677. The topological polar surface area (TPSA) is 61.8 Å². The molecule has 158 valence electrons. The molecule has 0 aromatic rings. The Balaban J connectivity index is 1.53. The van der Waals surface area contributed by atoms with E-state index in [4.69, 9.17) is 16.3 Å². The van der Waals surface area contributed by atoms with Crippen LogP contribution in [0.15, 0.2) is 40.3 Å². The van der Waals surface area contributed by atoms with Crippen LogP contribution < -0.4 is 5.32 Å². The van der Waals surface area contributed by atoms with E-state index in [0.717, 1.165) is 12.8 Å². The van der Waals surface area contributed by atoms with Gasteiger partial charge in [-0.25, -0.2) is 8.78 Å². The number of carbonyl (C=O) groups is 1. The van der Waals surface area contributed by atoms with Crippen molar-refractivity contribution in [3.05, 3.63) is 40.3 Å². The molecule has 0 bridgehead atoms. The van der Waals surface area contributed by atoms with Gasteiger partial charge >= 0.3 is 0 Å². The summed E-state index contributed by atoms with van der Waals surface area (Å²) < 4.78 is 32.6. The van der Waals surface area contributed by atoms with Crippen LogP contribution in [-0.2, 0) is 9.53 Å². The maximum Gasteiger partial charge on any atom is 0.253 e. The number of amides is 1. The highest BCUT2D eigenvalue weighted by Gasteiger charge is 2.48. The van der Waals surface area contributed by atoms with Crippen LogP contribution in [0, 0.1) is 0 Å². The van der Waals surface area contributed by atoms with E-state index in [0.29, 0.717) is 22.8 Å². The number of nitrogens with zero attached hydrogens (tertiary/aromatic N) is 1. The van der Waals surface area contributed by atoms with Gasteiger partial charge in [0.2, 0.25) is 5.92 Å². The first-order valence-corrected chi connectivity index (χ1v) is 10.4. The summed E-state index contributed by atoms with van der Waals surface area (Å²) in [6.07, 6.45) is 6.01. The Morgan fingerprint density at radius 2 is 2.14 bits per heavy atom. The van der Waals surface area contributed by atoms with E-state index >= 15 is 0 Å². The Morgan fingerprint density at radius 1 is 1.41 bits per heavy atom. The van der Waals surface area contributed by atoms with Gasteiger partial charge in [-0.15, -0.1) is 5.73 Å². The summed E-state index contributed by atoms with van der Waals surface area (Å²) in [4.78, 5) is 15.0. The molecule has 29 heavy (non-hydrogen) atoms. The lowest BCUT2D eigenvalue weighted by atomic mass is 9.82. The Kier molecular flexibility index (Phi) is 5.14. The van der Waals surface area contributed by atoms with Crippen molar-refractivity contribution >= 4 is 17.5 Å². The first-order chi connectivity index (χ1) is 13.6. The third-order valence-electron chi connectivity index (χ3n) is 6.34. The maximum absolute atomic E-state index is 13.4. The molecule has 2 aliphatic heterocycles. The highest BCUT2D eigenvalue weighted by Crippen LogP contribution is 2.45. The molecule has 2 aliphatic carbocycles. The van der Waals surface area contributed by atoms with Crippen molar-refractivity contribution in [2.45, 2.75) is 68.7 Å². The summed E-state index contributed by atoms with van der Waals surface area (Å²) in [5, 5.41) is 13.8. The van der Waals surface area contributed by atoms with Crippen molar-refractivity contribution < 1.29 is 23.4 Å². The van der Waals surface area contributed by atoms with Crippen LogP contribution in [0.25, 0.3) is 0 Å². The van der Waals surface area contributed by atoms with Gasteiger partial charge in [0.05, 0.1) is 21.7 Å². The highest BCUT2D eigenvalue weighted by atomic mass is 35.5. The minimum Gasteiger partial charge on any atom is -0.388 e. The molecule has 4 aliphatic rings. The zero-order valence-corrected chi connectivity index (χ0v) is 17.1. The summed E-state index contributed by atoms with van der Waals surface area (Å²) in [5.74, 6) is -3.13. The number of rotatable bonds is 4. The average molecular weight is 427 g/mol. The summed E-state index contributed by atoms with van der Waals surface area (Å²) in [7, 11) is 0. The molecule has 4 rings (SSSR count). The maximum atomic E-state index is 13.4. The van der Waals surface area contributed by atoms with E-state index in [1.54, 1.807) is 12.3 Å². The molecule has 1 saturated carbocycles. The molecule has 1 saturated heterocycles. The van der Waals surface area contributed by atoms with Gasteiger partial charge in [-0.3, -0.25) is 4.79 Å². The van der Waals surface area contributed by atoms with Crippen molar-refractivity contribution in [3.8, 4) is 0 Å². The van der Waals surface area contributed by atoms with Gasteiger partial charge in [-0.05, 0) is 44.8 Å². The van der Waals surface area contributed by atoms with E-state index in [1.165, 1.54) is 0 Å². The van der Waals surface area contributed by atoms with E-state index in [-0.39, 0.29) is 44.4 Å². The van der Waals surface area contributed by atoms with E-state index in [2.05, 4.69) is 11.0 Å². The summed E-state index contributed by atoms with van der Waals surface area (Å²) in [6, 6.07) is 0. The fourth-order valence-corrected chi connectivity index (χ4v) is 4.89. The van der Waals surface area contributed by atoms with Crippen molar-refractivity contribution in [2.75, 3.05) is 13.2 Å². The third-order valence-corrected chi connectivity index (χ3v) is 6.64. The number of hydrogen-bond acceptors (Lipinski definition) is 4. The molecule has 2 N–H and O–H groups in total. The number of fused-ring (bicyclic) bond motifs is 1. The summed E-state index contributed by atoms with van der Waals surface area (Å²) in [6.45, 7) is 2.54. The molecule has 1 unspecified atom stereocenters. The fraction of sp³-hybridized carbons (Fsp3) is 0.619. The summed E-state index contributed by atoms with van der Waals surface area (Å²) in [5.41, 5.74) is 2.12. The number of alkyl halides is 2.